The third-order valence-electron chi connectivity index (χ3n) is 2.83. The Morgan fingerprint density at radius 2 is 1.83 bits per heavy atom. The number of para-hydroxylation sites is 1. The number of nitrogens with zero attached hydrogens (tertiary/aromatic N) is 1. The molecule has 1 fully saturated rings. The molecule has 1 amide bonds. The topological polar surface area (TPSA) is 49.8 Å². The van der Waals surface area contributed by atoms with Crippen molar-refractivity contribution < 1.29 is 14.6 Å². The van der Waals surface area contributed by atoms with Crippen LogP contribution in [-0.4, -0.2) is 11.2 Å². The lowest BCUT2D eigenvalue weighted by Crippen LogP contribution is -2.48. The Balaban J connectivity index is 1.93. The van der Waals surface area contributed by atoms with Gasteiger partial charge in [-0.05, 0) is 24.3 Å². The number of benzene rings is 2. The first-order valence-corrected chi connectivity index (χ1v) is 5.59. The largest absolute Gasteiger partial charge is 0.508 e. The number of ether oxygens (including phenoxy) is 1. The molecule has 1 atom stereocenters. The van der Waals surface area contributed by atoms with E-state index in [1.54, 1.807) is 23.1 Å². The Hall–Kier alpha value is -2.49. The SMILES string of the molecule is O=C1OC(c2cccc(O)c2)N1c1ccccc1. The second-order valence-corrected chi connectivity index (χ2v) is 4.04. The summed E-state index contributed by atoms with van der Waals surface area (Å²) in [5, 5.41) is 9.45. The number of phenolic OH excluding ortho intramolecular Hbond substituents is 1. The van der Waals surface area contributed by atoms with Gasteiger partial charge in [-0.1, -0.05) is 30.3 Å². The fourth-order valence-corrected chi connectivity index (χ4v) is 1.98. The van der Waals surface area contributed by atoms with Crippen LogP contribution in [0.25, 0.3) is 0 Å². The summed E-state index contributed by atoms with van der Waals surface area (Å²) < 4.78 is 5.12. The van der Waals surface area contributed by atoms with Crippen LogP contribution >= 0.6 is 0 Å². The van der Waals surface area contributed by atoms with E-state index in [1.807, 2.05) is 36.4 Å². The summed E-state index contributed by atoms with van der Waals surface area (Å²) in [5.41, 5.74) is 1.53. The number of hydrogen-bond acceptors (Lipinski definition) is 3. The molecule has 1 aliphatic heterocycles. The monoisotopic (exact) mass is 241 g/mol. The normalized spacial score (nSPS) is 18.1. The number of rotatable bonds is 2. The summed E-state index contributed by atoms with van der Waals surface area (Å²) in [7, 11) is 0. The zero-order valence-corrected chi connectivity index (χ0v) is 9.48. The van der Waals surface area contributed by atoms with E-state index in [4.69, 9.17) is 4.74 Å². The molecule has 0 bridgehead atoms. The number of anilines is 1. The standard InChI is InChI=1S/C14H11NO3/c16-12-8-4-5-10(9-12)13-15(14(17)18-13)11-6-2-1-3-7-11/h1-9,13,16H. The van der Waals surface area contributed by atoms with Crippen molar-refractivity contribution in [3.8, 4) is 5.75 Å². The smallest absolute Gasteiger partial charge is 0.419 e. The average Bonchev–Trinajstić information content (AvgIpc) is 2.37. The molecule has 2 aromatic carbocycles. The van der Waals surface area contributed by atoms with Crippen molar-refractivity contribution in [1.82, 2.24) is 0 Å². The minimum absolute atomic E-state index is 0.156. The summed E-state index contributed by atoms with van der Waals surface area (Å²) in [4.78, 5) is 13.1. The summed E-state index contributed by atoms with van der Waals surface area (Å²) in [6.45, 7) is 0. The summed E-state index contributed by atoms with van der Waals surface area (Å²) in [6.07, 6.45) is -0.846. The molecule has 0 spiro atoms. The predicted molar refractivity (Wildman–Crippen MR) is 66.2 cm³/mol. The first kappa shape index (κ1) is 10.7. The molecule has 1 heterocycles. The lowest BCUT2D eigenvalue weighted by Gasteiger charge is -2.39. The highest BCUT2D eigenvalue weighted by molar-refractivity contribution is 5.93. The zero-order chi connectivity index (χ0) is 12.5. The molecule has 1 aliphatic rings. The van der Waals surface area contributed by atoms with Crippen molar-refractivity contribution in [2.24, 2.45) is 0 Å². The van der Waals surface area contributed by atoms with Crippen molar-refractivity contribution in [2.45, 2.75) is 6.23 Å². The molecule has 90 valence electrons. The molecule has 1 unspecified atom stereocenters. The van der Waals surface area contributed by atoms with Crippen LogP contribution in [0.15, 0.2) is 54.6 Å². The minimum atomic E-state index is -0.466. The van der Waals surface area contributed by atoms with Gasteiger partial charge in [-0.25, -0.2) is 9.69 Å². The van der Waals surface area contributed by atoms with Crippen LogP contribution in [0.5, 0.6) is 5.75 Å². The van der Waals surface area contributed by atoms with E-state index in [9.17, 15) is 9.90 Å². The van der Waals surface area contributed by atoms with Crippen molar-refractivity contribution in [1.29, 1.82) is 0 Å². The van der Waals surface area contributed by atoms with E-state index in [-0.39, 0.29) is 11.8 Å². The first-order valence-electron chi connectivity index (χ1n) is 5.59. The highest BCUT2D eigenvalue weighted by atomic mass is 16.6. The Morgan fingerprint density at radius 1 is 1.06 bits per heavy atom. The maximum absolute atomic E-state index is 11.5. The van der Waals surface area contributed by atoms with Crippen LogP contribution < -0.4 is 4.90 Å². The Morgan fingerprint density at radius 3 is 2.50 bits per heavy atom. The quantitative estimate of drug-likeness (QED) is 0.879. The molecule has 0 saturated carbocycles. The van der Waals surface area contributed by atoms with Gasteiger partial charge in [0.15, 0.2) is 0 Å². The van der Waals surface area contributed by atoms with Crippen LogP contribution in [0.2, 0.25) is 0 Å². The number of carbonyl (C=O) groups excluding carboxylic acids is 1. The van der Waals surface area contributed by atoms with E-state index < -0.39 is 6.23 Å². The zero-order valence-electron chi connectivity index (χ0n) is 9.48. The highest BCUT2D eigenvalue weighted by Crippen LogP contribution is 2.37. The van der Waals surface area contributed by atoms with Gasteiger partial charge < -0.3 is 9.84 Å². The number of cyclic esters (lactones) is 1. The van der Waals surface area contributed by atoms with Gasteiger partial charge in [0, 0.05) is 5.56 Å². The van der Waals surface area contributed by atoms with Crippen molar-refractivity contribution >= 4 is 11.8 Å². The minimum Gasteiger partial charge on any atom is -0.508 e. The van der Waals surface area contributed by atoms with Gasteiger partial charge in [0.25, 0.3) is 0 Å². The van der Waals surface area contributed by atoms with Gasteiger partial charge in [0.1, 0.15) is 5.75 Å². The molecular weight excluding hydrogens is 230 g/mol. The van der Waals surface area contributed by atoms with Crippen LogP contribution in [-0.2, 0) is 4.74 Å². The molecule has 18 heavy (non-hydrogen) atoms. The van der Waals surface area contributed by atoms with E-state index in [2.05, 4.69) is 0 Å². The molecule has 0 aliphatic carbocycles. The number of amides is 1. The fourth-order valence-electron chi connectivity index (χ4n) is 1.98. The Labute approximate surface area is 104 Å². The van der Waals surface area contributed by atoms with E-state index in [0.29, 0.717) is 0 Å². The molecule has 4 nitrogen and oxygen atoms in total. The maximum atomic E-state index is 11.5. The lowest BCUT2D eigenvalue weighted by molar-refractivity contribution is 0.0429. The van der Waals surface area contributed by atoms with Gasteiger partial charge in [0.05, 0.1) is 5.69 Å². The number of hydrogen-bond donors (Lipinski definition) is 1. The summed E-state index contributed by atoms with van der Waals surface area (Å²) >= 11 is 0. The van der Waals surface area contributed by atoms with Crippen LogP contribution in [0.1, 0.15) is 11.8 Å². The second-order valence-electron chi connectivity index (χ2n) is 4.04. The maximum Gasteiger partial charge on any atom is 0.419 e. The third kappa shape index (κ3) is 1.68. The van der Waals surface area contributed by atoms with Crippen molar-refractivity contribution in [3.05, 3.63) is 60.2 Å². The number of phenols is 1. The second kappa shape index (κ2) is 4.07. The highest BCUT2D eigenvalue weighted by Gasteiger charge is 2.40. The fraction of sp³-hybridized carbons (Fsp3) is 0.0714. The van der Waals surface area contributed by atoms with E-state index in [1.165, 1.54) is 0 Å². The Kier molecular flexibility index (Phi) is 2.41. The molecule has 4 heteroatoms. The van der Waals surface area contributed by atoms with Crippen LogP contribution in [0.3, 0.4) is 0 Å². The van der Waals surface area contributed by atoms with E-state index in [0.717, 1.165) is 11.3 Å². The molecule has 1 saturated heterocycles. The van der Waals surface area contributed by atoms with Crippen molar-refractivity contribution in [2.75, 3.05) is 4.90 Å². The summed E-state index contributed by atoms with van der Waals surface area (Å²) in [6, 6.07) is 16.0. The lowest BCUT2D eigenvalue weighted by atomic mass is 10.1. The predicted octanol–water partition coefficient (Wildman–Crippen LogP) is 3.05. The van der Waals surface area contributed by atoms with Gasteiger partial charge in [-0.2, -0.15) is 0 Å². The van der Waals surface area contributed by atoms with E-state index >= 15 is 0 Å². The van der Waals surface area contributed by atoms with Crippen molar-refractivity contribution in [3.63, 3.8) is 0 Å². The number of carbonyl (C=O) groups is 1. The van der Waals surface area contributed by atoms with Gasteiger partial charge in [-0.15, -0.1) is 0 Å². The number of aromatic hydroxyl groups is 1. The Bertz CT molecular complexity index is 583. The van der Waals surface area contributed by atoms with Crippen LogP contribution in [0, 0.1) is 0 Å². The molecule has 0 radical (unpaired) electrons. The molecule has 0 aromatic heterocycles. The third-order valence-corrected chi connectivity index (χ3v) is 2.83. The first-order chi connectivity index (χ1) is 8.75. The molecule has 2 aromatic rings. The molecular formula is C14H11NO3. The summed E-state index contributed by atoms with van der Waals surface area (Å²) in [5.74, 6) is 0.156. The molecule has 1 N–H and O–H groups in total. The average molecular weight is 241 g/mol. The molecule has 3 rings (SSSR count). The van der Waals surface area contributed by atoms with Gasteiger partial charge >= 0.3 is 6.09 Å². The van der Waals surface area contributed by atoms with Crippen LogP contribution in [0.4, 0.5) is 10.5 Å². The van der Waals surface area contributed by atoms with Gasteiger partial charge in [-0.3, -0.25) is 0 Å². The van der Waals surface area contributed by atoms with Gasteiger partial charge in [0.2, 0.25) is 6.23 Å².